The van der Waals surface area contributed by atoms with Crippen LogP contribution in [0.25, 0.3) is 0 Å². The van der Waals surface area contributed by atoms with Crippen LogP contribution < -0.4 is 0 Å². The number of ether oxygens (including phenoxy) is 1. The van der Waals surface area contributed by atoms with Crippen LogP contribution in [0.4, 0.5) is 0 Å². The van der Waals surface area contributed by atoms with Crippen molar-refractivity contribution in [2.45, 2.75) is 39.2 Å². The standard InChI is InChI=1S/C15H24N2O4/c1-10(2)17-9-12(8-13(17)18)14(19)16-6-4-11(5-7-16)15(20)21-3/h10-12H,4-9H2,1-3H3/t12-/m0/s1. The molecule has 0 unspecified atom stereocenters. The van der Waals surface area contributed by atoms with E-state index in [2.05, 4.69) is 0 Å². The fourth-order valence-corrected chi connectivity index (χ4v) is 3.16. The van der Waals surface area contributed by atoms with Crippen LogP contribution in [0.3, 0.4) is 0 Å². The molecule has 2 heterocycles. The topological polar surface area (TPSA) is 66.9 Å². The molecule has 2 aliphatic heterocycles. The van der Waals surface area contributed by atoms with E-state index in [0.29, 0.717) is 38.9 Å². The lowest BCUT2D eigenvalue weighted by Crippen LogP contribution is -2.44. The van der Waals surface area contributed by atoms with Crippen molar-refractivity contribution in [3.05, 3.63) is 0 Å². The maximum absolute atomic E-state index is 12.5. The van der Waals surface area contributed by atoms with E-state index in [-0.39, 0.29) is 35.7 Å². The lowest BCUT2D eigenvalue weighted by Gasteiger charge is -2.32. The van der Waals surface area contributed by atoms with Crippen LogP contribution in [0.1, 0.15) is 33.1 Å². The number of piperidine rings is 1. The molecule has 6 nitrogen and oxygen atoms in total. The first-order valence-electron chi connectivity index (χ1n) is 7.60. The molecule has 0 aromatic rings. The predicted molar refractivity (Wildman–Crippen MR) is 76.3 cm³/mol. The van der Waals surface area contributed by atoms with Crippen LogP contribution >= 0.6 is 0 Å². The fraction of sp³-hybridized carbons (Fsp3) is 0.800. The number of rotatable bonds is 3. The number of hydrogen-bond acceptors (Lipinski definition) is 4. The number of carbonyl (C=O) groups is 3. The number of carbonyl (C=O) groups excluding carboxylic acids is 3. The molecule has 0 saturated carbocycles. The minimum absolute atomic E-state index is 0.0508. The number of methoxy groups -OCH3 is 1. The molecule has 2 saturated heterocycles. The van der Waals surface area contributed by atoms with E-state index in [1.807, 2.05) is 13.8 Å². The van der Waals surface area contributed by atoms with Gasteiger partial charge in [0.2, 0.25) is 11.8 Å². The molecule has 0 bridgehead atoms. The summed E-state index contributed by atoms with van der Waals surface area (Å²) in [6, 6.07) is 0.139. The molecule has 21 heavy (non-hydrogen) atoms. The average Bonchev–Trinajstić information content (AvgIpc) is 2.88. The van der Waals surface area contributed by atoms with Gasteiger partial charge in [-0.1, -0.05) is 0 Å². The largest absolute Gasteiger partial charge is 0.469 e. The third-order valence-electron chi connectivity index (χ3n) is 4.47. The Kier molecular flexibility index (Phi) is 4.85. The molecule has 0 N–H and O–H groups in total. The van der Waals surface area contributed by atoms with Crippen molar-refractivity contribution in [2.75, 3.05) is 26.7 Å². The van der Waals surface area contributed by atoms with E-state index < -0.39 is 0 Å². The summed E-state index contributed by atoms with van der Waals surface area (Å²) in [6.07, 6.45) is 1.61. The molecule has 0 spiro atoms. The van der Waals surface area contributed by atoms with Crippen molar-refractivity contribution in [2.24, 2.45) is 11.8 Å². The normalized spacial score (nSPS) is 23.8. The second kappa shape index (κ2) is 6.45. The van der Waals surface area contributed by atoms with Crippen molar-refractivity contribution in [3.8, 4) is 0 Å². The number of nitrogens with zero attached hydrogens (tertiary/aromatic N) is 2. The van der Waals surface area contributed by atoms with Gasteiger partial charge in [-0.05, 0) is 26.7 Å². The quantitative estimate of drug-likeness (QED) is 0.717. The SMILES string of the molecule is COC(=O)C1CCN(C(=O)[C@H]2CC(=O)N(C(C)C)C2)CC1. The first-order chi connectivity index (χ1) is 9.93. The highest BCUT2D eigenvalue weighted by Crippen LogP contribution is 2.25. The molecule has 6 heteroatoms. The van der Waals surface area contributed by atoms with Crippen LogP contribution in [-0.4, -0.2) is 60.4 Å². The van der Waals surface area contributed by atoms with E-state index in [0.717, 1.165) is 0 Å². The Morgan fingerprint density at radius 2 is 1.81 bits per heavy atom. The van der Waals surface area contributed by atoms with Crippen molar-refractivity contribution < 1.29 is 19.1 Å². The number of esters is 1. The van der Waals surface area contributed by atoms with Gasteiger partial charge in [0.1, 0.15) is 0 Å². The van der Waals surface area contributed by atoms with Gasteiger partial charge in [-0.25, -0.2) is 0 Å². The van der Waals surface area contributed by atoms with E-state index in [1.54, 1.807) is 9.80 Å². The highest BCUT2D eigenvalue weighted by Gasteiger charge is 2.38. The Hall–Kier alpha value is -1.59. The van der Waals surface area contributed by atoms with Crippen molar-refractivity contribution >= 4 is 17.8 Å². The zero-order valence-electron chi connectivity index (χ0n) is 13.0. The second-order valence-electron chi connectivity index (χ2n) is 6.16. The molecule has 2 fully saturated rings. The van der Waals surface area contributed by atoms with Gasteiger partial charge in [0.05, 0.1) is 18.9 Å². The molecule has 2 rings (SSSR count). The summed E-state index contributed by atoms with van der Waals surface area (Å²) >= 11 is 0. The van der Waals surface area contributed by atoms with Crippen LogP contribution in [0.15, 0.2) is 0 Å². The van der Waals surface area contributed by atoms with E-state index in [1.165, 1.54) is 7.11 Å². The summed E-state index contributed by atoms with van der Waals surface area (Å²) in [7, 11) is 1.39. The highest BCUT2D eigenvalue weighted by atomic mass is 16.5. The molecular weight excluding hydrogens is 272 g/mol. The Balaban J connectivity index is 1.88. The molecule has 0 aromatic carbocycles. The smallest absolute Gasteiger partial charge is 0.308 e. The van der Waals surface area contributed by atoms with Crippen LogP contribution in [0.5, 0.6) is 0 Å². The van der Waals surface area contributed by atoms with Gasteiger partial charge < -0.3 is 14.5 Å². The van der Waals surface area contributed by atoms with Crippen molar-refractivity contribution in [3.63, 3.8) is 0 Å². The number of amides is 2. The monoisotopic (exact) mass is 296 g/mol. The Morgan fingerprint density at radius 3 is 2.29 bits per heavy atom. The van der Waals surface area contributed by atoms with Gasteiger partial charge >= 0.3 is 5.97 Å². The third kappa shape index (κ3) is 3.36. The summed E-state index contributed by atoms with van der Waals surface area (Å²) in [6.45, 7) is 5.60. The molecule has 0 radical (unpaired) electrons. The van der Waals surface area contributed by atoms with Gasteiger partial charge in [0.15, 0.2) is 0 Å². The van der Waals surface area contributed by atoms with Crippen molar-refractivity contribution in [1.29, 1.82) is 0 Å². The van der Waals surface area contributed by atoms with Crippen LogP contribution in [0, 0.1) is 11.8 Å². The lowest BCUT2D eigenvalue weighted by molar-refractivity contribution is -0.149. The third-order valence-corrected chi connectivity index (χ3v) is 4.47. The van der Waals surface area contributed by atoms with Crippen molar-refractivity contribution in [1.82, 2.24) is 9.80 Å². The maximum Gasteiger partial charge on any atom is 0.308 e. The van der Waals surface area contributed by atoms with Gasteiger partial charge in [-0.3, -0.25) is 14.4 Å². The zero-order chi connectivity index (χ0) is 15.6. The Morgan fingerprint density at radius 1 is 1.19 bits per heavy atom. The van der Waals surface area contributed by atoms with Gasteiger partial charge in [-0.15, -0.1) is 0 Å². The van der Waals surface area contributed by atoms with Crippen LogP contribution in [0.2, 0.25) is 0 Å². The first kappa shape index (κ1) is 15.8. The average molecular weight is 296 g/mol. The first-order valence-corrected chi connectivity index (χ1v) is 7.60. The second-order valence-corrected chi connectivity index (χ2v) is 6.16. The molecule has 0 aromatic heterocycles. The molecule has 1 atom stereocenters. The number of hydrogen-bond donors (Lipinski definition) is 0. The molecule has 0 aliphatic carbocycles. The van der Waals surface area contributed by atoms with E-state index >= 15 is 0 Å². The lowest BCUT2D eigenvalue weighted by atomic mass is 9.95. The van der Waals surface area contributed by atoms with Gasteiger partial charge in [0.25, 0.3) is 0 Å². The van der Waals surface area contributed by atoms with E-state index in [9.17, 15) is 14.4 Å². The molecule has 2 amide bonds. The molecule has 118 valence electrons. The summed E-state index contributed by atoms with van der Waals surface area (Å²) in [5.41, 5.74) is 0. The minimum atomic E-state index is -0.227. The van der Waals surface area contributed by atoms with Gasteiger partial charge in [-0.2, -0.15) is 0 Å². The minimum Gasteiger partial charge on any atom is -0.469 e. The molecular formula is C15H24N2O4. The summed E-state index contributed by atoms with van der Waals surface area (Å²) < 4.78 is 4.75. The summed E-state index contributed by atoms with van der Waals surface area (Å²) in [4.78, 5) is 39.4. The Bertz CT molecular complexity index is 427. The maximum atomic E-state index is 12.5. The number of likely N-dealkylation sites (tertiary alicyclic amines) is 2. The highest BCUT2D eigenvalue weighted by molar-refractivity contribution is 5.89. The fourth-order valence-electron chi connectivity index (χ4n) is 3.16. The zero-order valence-corrected chi connectivity index (χ0v) is 13.0. The molecule has 2 aliphatic rings. The van der Waals surface area contributed by atoms with Gasteiger partial charge in [0, 0.05) is 32.1 Å². The Labute approximate surface area is 125 Å². The van der Waals surface area contributed by atoms with E-state index in [4.69, 9.17) is 4.74 Å². The summed E-state index contributed by atoms with van der Waals surface area (Å²) in [5.74, 6) is -0.405. The predicted octanol–water partition coefficient (Wildman–Crippen LogP) is 0.655. The van der Waals surface area contributed by atoms with Crippen LogP contribution in [-0.2, 0) is 19.1 Å². The summed E-state index contributed by atoms with van der Waals surface area (Å²) in [5, 5.41) is 0.